The zero-order valence-electron chi connectivity index (χ0n) is 7.85. The largest absolute Gasteiger partial charge is 0.397 e. The van der Waals surface area contributed by atoms with Crippen LogP contribution in [0.15, 0.2) is 18.3 Å². The van der Waals surface area contributed by atoms with Gasteiger partial charge in [-0.2, -0.15) is 5.10 Å². The van der Waals surface area contributed by atoms with Crippen LogP contribution < -0.4 is 5.73 Å². The first-order chi connectivity index (χ1) is 6.83. The van der Waals surface area contributed by atoms with Crippen molar-refractivity contribution < 1.29 is 0 Å². The van der Waals surface area contributed by atoms with Crippen LogP contribution in [0.2, 0.25) is 0 Å². The third-order valence-corrected chi connectivity index (χ3v) is 2.84. The fraction of sp³-hybridized carbons (Fsp3) is 0.400. The molecule has 2 aromatic rings. The van der Waals surface area contributed by atoms with Crippen molar-refractivity contribution in [3.8, 4) is 0 Å². The van der Waals surface area contributed by atoms with Gasteiger partial charge in [-0.15, -0.1) is 0 Å². The second kappa shape index (κ2) is 2.70. The van der Waals surface area contributed by atoms with Crippen molar-refractivity contribution in [1.82, 2.24) is 14.6 Å². The molecule has 0 saturated heterocycles. The van der Waals surface area contributed by atoms with E-state index in [0.29, 0.717) is 5.92 Å². The normalized spacial score (nSPS) is 17.1. The van der Waals surface area contributed by atoms with Crippen molar-refractivity contribution in [2.75, 3.05) is 5.73 Å². The number of hydrogen-bond donors (Lipinski definition) is 1. The summed E-state index contributed by atoms with van der Waals surface area (Å²) in [6.45, 7) is 0. The van der Waals surface area contributed by atoms with Crippen LogP contribution >= 0.6 is 0 Å². The maximum Gasteiger partial charge on any atom is 0.155 e. The third kappa shape index (κ3) is 1.07. The fourth-order valence-electron chi connectivity index (χ4n) is 1.76. The van der Waals surface area contributed by atoms with Gasteiger partial charge in [-0.25, -0.2) is 9.50 Å². The van der Waals surface area contributed by atoms with Gasteiger partial charge in [-0.1, -0.05) is 6.42 Å². The minimum atomic E-state index is 0.580. The molecule has 1 aliphatic carbocycles. The van der Waals surface area contributed by atoms with Gasteiger partial charge in [0.2, 0.25) is 0 Å². The van der Waals surface area contributed by atoms with E-state index in [9.17, 15) is 0 Å². The highest BCUT2D eigenvalue weighted by atomic mass is 15.3. The van der Waals surface area contributed by atoms with E-state index in [2.05, 4.69) is 10.1 Å². The first kappa shape index (κ1) is 7.79. The summed E-state index contributed by atoms with van der Waals surface area (Å²) >= 11 is 0. The second-order valence-electron chi connectivity index (χ2n) is 3.86. The molecule has 3 rings (SSSR count). The molecule has 1 saturated carbocycles. The van der Waals surface area contributed by atoms with Crippen LogP contribution in [0.5, 0.6) is 0 Å². The van der Waals surface area contributed by atoms with E-state index in [4.69, 9.17) is 5.73 Å². The van der Waals surface area contributed by atoms with Gasteiger partial charge in [0.1, 0.15) is 0 Å². The molecule has 2 aromatic heterocycles. The molecule has 2 N–H and O–H groups in total. The van der Waals surface area contributed by atoms with Crippen molar-refractivity contribution in [3.63, 3.8) is 0 Å². The van der Waals surface area contributed by atoms with Gasteiger partial charge in [-0.05, 0) is 25.0 Å². The van der Waals surface area contributed by atoms with Crippen LogP contribution in [0.25, 0.3) is 5.65 Å². The Kier molecular flexibility index (Phi) is 1.50. The van der Waals surface area contributed by atoms with Gasteiger partial charge in [-0.3, -0.25) is 0 Å². The number of hydrogen-bond acceptors (Lipinski definition) is 3. The smallest absolute Gasteiger partial charge is 0.155 e. The number of nitrogens with zero attached hydrogens (tertiary/aromatic N) is 3. The Labute approximate surface area is 81.8 Å². The van der Waals surface area contributed by atoms with E-state index in [1.807, 2.05) is 18.3 Å². The van der Waals surface area contributed by atoms with Crippen molar-refractivity contribution in [3.05, 3.63) is 24.2 Å². The van der Waals surface area contributed by atoms with E-state index >= 15 is 0 Å². The maximum atomic E-state index is 5.67. The lowest BCUT2D eigenvalue weighted by atomic mass is 9.85. The van der Waals surface area contributed by atoms with Crippen LogP contribution in [0.1, 0.15) is 31.0 Å². The summed E-state index contributed by atoms with van der Waals surface area (Å²) in [4.78, 5) is 4.47. The Morgan fingerprint density at radius 3 is 2.93 bits per heavy atom. The fourth-order valence-corrected chi connectivity index (χ4v) is 1.76. The van der Waals surface area contributed by atoms with E-state index < -0.39 is 0 Å². The van der Waals surface area contributed by atoms with Gasteiger partial charge in [0.25, 0.3) is 0 Å². The lowest BCUT2D eigenvalue weighted by molar-refractivity contribution is 0.402. The monoisotopic (exact) mass is 188 g/mol. The quantitative estimate of drug-likeness (QED) is 0.739. The minimum Gasteiger partial charge on any atom is -0.397 e. The zero-order chi connectivity index (χ0) is 9.54. The molecule has 0 amide bonds. The van der Waals surface area contributed by atoms with Crippen LogP contribution in [0, 0.1) is 0 Å². The zero-order valence-corrected chi connectivity index (χ0v) is 7.85. The van der Waals surface area contributed by atoms with Crippen molar-refractivity contribution in [1.29, 1.82) is 0 Å². The van der Waals surface area contributed by atoms with Gasteiger partial charge < -0.3 is 5.73 Å². The van der Waals surface area contributed by atoms with Gasteiger partial charge >= 0.3 is 0 Å². The standard InChI is InChI=1S/C10H12N4/c11-8-4-5-9-12-10(7-2-1-3-7)13-14(9)6-8/h4-7H,1-3,11H2. The second-order valence-corrected chi connectivity index (χ2v) is 3.86. The van der Waals surface area contributed by atoms with Crippen LogP contribution in [-0.2, 0) is 0 Å². The lowest BCUT2D eigenvalue weighted by Gasteiger charge is -2.21. The first-order valence-corrected chi connectivity index (χ1v) is 4.95. The highest BCUT2D eigenvalue weighted by Gasteiger charge is 2.23. The van der Waals surface area contributed by atoms with Crippen LogP contribution in [0.3, 0.4) is 0 Å². The van der Waals surface area contributed by atoms with Crippen molar-refractivity contribution >= 4 is 11.3 Å². The summed E-state index contributed by atoms with van der Waals surface area (Å²) in [5.41, 5.74) is 7.28. The number of anilines is 1. The van der Waals surface area contributed by atoms with E-state index in [0.717, 1.165) is 17.2 Å². The maximum absolute atomic E-state index is 5.67. The first-order valence-electron chi connectivity index (χ1n) is 4.95. The number of rotatable bonds is 1. The number of aromatic nitrogens is 3. The summed E-state index contributed by atoms with van der Waals surface area (Å²) in [5, 5.41) is 4.42. The average Bonchev–Trinajstić information content (AvgIpc) is 2.43. The molecule has 72 valence electrons. The molecule has 0 unspecified atom stereocenters. The molecular formula is C10H12N4. The Morgan fingerprint density at radius 1 is 1.36 bits per heavy atom. The number of nitrogens with two attached hydrogens (primary N) is 1. The molecule has 0 spiro atoms. The van der Waals surface area contributed by atoms with Gasteiger partial charge in [0.05, 0.1) is 11.9 Å². The van der Waals surface area contributed by atoms with Crippen molar-refractivity contribution in [2.24, 2.45) is 0 Å². The molecule has 0 aliphatic heterocycles. The molecule has 0 atom stereocenters. The lowest BCUT2D eigenvalue weighted by Crippen LogP contribution is -2.10. The Hall–Kier alpha value is -1.58. The van der Waals surface area contributed by atoms with Crippen molar-refractivity contribution in [2.45, 2.75) is 25.2 Å². The summed E-state index contributed by atoms with van der Waals surface area (Å²) < 4.78 is 1.77. The Morgan fingerprint density at radius 2 is 2.21 bits per heavy atom. The SMILES string of the molecule is Nc1ccc2nc(C3CCC3)nn2c1. The number of fused-ring (bicyclic) bond motifs is 1. The van der Waals surface area contributed by atoms with Gasteiger partial charge in [0.15, 0.2) is 11.5 Å². The topological polar surface area (TPSA) is 56.2 Å². The molecule has 0 radical (unpaired) electrons. The molecule has 2 heterocycles. The predicted octanol–water partition coefficient (Wildman–Crippen LogP) is 1.58. The molecule has 0 aromatic carbocycles. The van der Waals surface area contributed by atoms with E-state index in [-0.39, 0.29) is 0 Å². The average molecular weight is 188 g/mol. The molecule has 1 fully saturated rings. The Bertz CT molecular complexity index is 470. The highest BCUT2D eigenvalue weighted by Crippen LogP contribution is 2.34. The molecular weight excluding hydrogens is 176 g/mol. The molecule has 1 aliphatic rings. The molecule has 4 nitrogen and oxygen atoms in total. The van der Waals surface area contributed by atoms with E-state index in [1.54, 1.807) is 4.52 Å². The summed E-state index contributed by atoms with van der Waals surface area (Å²) in [5.74, 6) is 1.55. The summed E-state index contributed by atoms with van der Waals surface area (Å²) in [6.07, 6.45) is 5.57. The number of pyridine rings is 1. The van der Waals surface area contributed by atoms with E-state index in [1.165, 1.54) is 19.3 Å². The molecule has 14 heavy (non-hydrogen) atoms. The van der Waals surface area contributed by atoms with Crippen LogP contribution in [-0.4, -0.2) is 14.6 Å². The van der Waals surface area contributed by atoms with Gasteiger partial charge in [0, 0.05) is 5.92 Å². The highest BCUT2D eigenvalue weighted by molar-refractivity contribution is 5.46. The summed E-state index contributed by atoms with van der Waals surface area (Å²) in [7, 11) is 0. The Balaban J connectivity index is 2.10. The van der Waals surface area contributed by atoms with Crippen LogP contribution in [0.4, 0.5) is 5.69 Å². The molecule has 4 heteroatoms. The summed E-state index contributed by atoms with van der Waals surface area (Å²) in [6, 6.07) is 3.76. The third-order valence-electron chi connectivity index (χ3n) is 2.84. The number of nitrogen functional groups attached to an aromatic ring is 1. The minimum absolute atomic E-state index is 0.580. The molecule has 0 bridgehead atoms. The predicted molar refractivity (Wildman–Crippen MR) is 54.0 cm³/mol.